The molecule has 0 radical (unpaired) electrons. The van der Waals surface area contributed by atoms with Crippen molar-refractivity contribution in [3.05, 3.63) is 29.3 Å². The van der Waals surface area contributed by atoms with Crippen LogP contribution in [0, 0.1) is 5.92 Å². The van der Waals surface area contributed by atoms with Crippen LogP contribution in [0.4, 0.5) is 0 Å². The summed E-state index contributed by atoms with van der Waals surface area (Å²) >= 11 is 0. The fourth-order valence-electron chi connectivity index (χ4n) is 2.25. The molecule has 82 valence electrons. The number of benzene rings is 1. The van der Waals surface area contributed by atoms with Gasteiger partial charge in [-0.1, -0.05) is 6.07 Å². The third-order valence-electron chi connectivity index (χ3n) is 3.40. The Hall–Kier alpha value is -1.02. The molecular weight excluding hydrogens is 186 g/mol. The number of nitrogens with two attached hydrogens (primary N) is 1. The molecular formula is C13H19NO. The van der Waals surface area contributed by atoms with Gasteiger partial charge in [0.1, 0.15) is 5.75 Å². The van der Waals surface area contributed by atoms with Crippen LogP contribution in [0.5, 0.6) is 5.75 Å². The van der Waals surface area contributed by atoms with Gasteiger partial charge in [-0.2, -0.15) is 0 Å². The molecule has 1 aromatic carbocycles. The van der Waals surface area contributed by atoms with E-state index in [1.807, 2.05) is 6.07 Å². The Kier molecular flexibility index (Phi) is 2.47. The minimum atomic E-state index is -0.0910. The lowest BCUT2D eigenvalue weighted by Crippen LogP contribution is -2.41. The zero-order chi connectivity index (χ0) is 11.1. The van der Waals surface area contributed by atoms with E-state index >= 15 is 0 Å². The molecule has 0 saturated heterocycles. The molecule has 0 heterocycles. The van der Waals surface area contributed by atoms with E-state index in [1.54, 1.807) is 7.11 Å². The van der Waals surface area contributed by atoms with Crippen molar-refractivity contribution in [3.63, 3.8) is 0 Å². The Labute approximate surface area is 91.4 Å². The molecule has 1 unspecified atom stereocenters. The van der Waals surface area contributed by atoms with E-state index in [4.69, 9.17) is 10.5 Å². The van der Waals surface area contributed by atoms with Gasteiger partial charge in [0, 0.05) is 5.54 Å². The van der Waals surface area contributed by atoms with E-state index < -0.39 is 0 Å². The molecule has 0 saturated carbocycles. The standard InChI is InChI=1S/C13H19NO/c1-13(2,14)11-6-9-4-5-12(15-3)8-10(9)7-11/h4-5,8,11H,6-7,14H2,1-3H3. The topological polar surface area (TPSA) is 35.2 Å². The summed E-state index contributed by atoms with van der Waals surface area (Å²) < 4.78 is 5.23. The lowest BCUT2D eigenvalue weighted by atomic mass is 9.86. The average molecular weight is 205 g/mol. The van der Waals surface area contributed by atoms with Crippen LogP contribution in [0.1, 0.15) is 25.0 Å². The zero-order valence-corrected chi connectivity index (χ0v) is 9.71. The Morgan fingerprint density at radius 3 is 2.53 bits per heavy atom. The monoisotopic (exact) mass is 205 g/mol. The molecule has 2 rings (SSSR count). The number of hydrogen-bond acceptors (Lipinski definition) is 2. The molecule has 0 bridgehead atoms. The summed E-state index contributed by atoms with van der Waals surface area (Å²) in [5.41, 5.74) is 8.90. The van der Waals surface area contributed by atoms with Crippen LogP contribution >= 0.6 is 0 Å². The van der Waals surface area contributed by atoms with Crippen molar-refractivity contribution in [1.82, 2.24) is 0 Å². The van der Waals surface area contributed by atoms with Gasteiger partial charge in [-0.25, -0.2) is 0 Å². The molecule has 0 amide bonds. The number of methoxy groups -OCH3 is 1. The maximum atomic E-state index is 6.16. The Balaban J connectivity index is 2.24. The first-order valence-electron chi connectivity index (χ1n) is 5.45. The fraction of sp³-hybridized carbons (Fsp3) is 0.538. The van der Waals surface area contributed by atoms with Gasteiger partial charge in [0.15, 0.2) is 0 Å². The van der Waals surface area contributed by atoms with E-state index in [2.05, 4.69) is 26.0 Å². The van der Waals surface area contributed by atoms with Crippen molar-refractivity contribution in [2.24, 2.45) is 11.7 Å². The van der Waals surface area contributed by atoms with E-state index in [0.717, 1.165) is 18.6 Å². The van der Waals surface area contributed by atoms with Crippen molar-refractivity contribution in [3.8, 4) is 5.75 Å². The molecule has 2 heteroatoms. The van der Waals surface area contributed by atoms with Crippen LogP contribution in [-0.2, 0) is 12.8 Å². The van der Waals surface area contributed by atoms with Crippen molar-refractivity contribution in [2.75, 3.05) is 7.11 Å². The predicted octanol–water partition coefficient (Wildman–Crippen LogP) is 2.15. The quantitative estimate of drug-likeness (QED) is 0.803. The van der Waals surface area contributed by atoms with E-state index in [-0.39, 0.29) is 5.54 Å². The van der Waals surface area contributed by atoms with Gasteiger partial charge >= 0.3 is 0 Å². The highest BCUT2D eigenvalue weighted by molar-refractivity contribution is 5.39. The predicted molar refractivity (Wildman–Crippen MR) is 62.2 cm³/mol. The molecule has 1 aromatic rings. The number of fused-ring (bicyclic) bond motifs is 1. The van der Waals surface area contributed by atoms with Gasteiger partial charge < -0.3 is 10.5 Å². The zero-order valence-electron chi connectivity index (χ0n) is 9.71. The highest BCUT2D eigenvalue weighted by Crippen LogP contribution is 2.34. The third kappa shape index (κ3) is 2.00. The Morgan fingerprint density at radius 2 is 1.93 bits per heavy atom. The van der Waals surface area contributed by atoms with Crippen LogP contribution in [-0.4, -0.2) is 12.6 Å². The summed E-state index contributed by atoms with van der Waals surface area (Å²) in [4.78, 5) is 0. The van der Waals surface area contributed by atoms with Crippen LogP contribution in [0.2, 0.25) is 0 Å². The SMILES string of the molecule is COc1ccc2c(c1)CC(C(C)(C)N)C2. The second-order valence-corrected chi connectivity index (χ2v) is 5.06. The van der Waals surface area contributed by atoms with Crippen molar-refractivity contribution < 1.29 is 4.74 Å². The smallest absolute Gasteiger partial charge is 0.119 e. The normalized spacial score (nSPS) is 20.1. The van der Waals surface area contributed by atoms with Gasteiger partial charge in [-0.3, -0.25) is 0 Å². The van der Waals surface area contributed by atoms with Crippen LogP contribution in [0.15, 0.2) is 18.2 Å². The number of hydrogen-bond donors (Lipinski definition) is 1. The summed E-state index contributed by atoms with van der Waals surface area (Å²) in [7, 11) is 1.71. The summed E-state index contributed by atoms with van der Waals surface area (Å²) in [6, 6.07) is 6.34. The average Bonchev–Trinajstić information content (AvgIpc) is 2.59. The molecule has 1 atom stereocenters. The van der Waals surface area contributed by atoms with Crippen molar-refractivity contribution in [1.29, 1.82) is 0 Å². The lowest BCUT2D eigenvalue weighted by Gasteiger charge is -2.26. The molecule has 1 aliphatic carbocycles. The van der Waals surface area contributed by atoms with Crippen LogP contribution in [0.25, 0.3) is 0 Å². The van der Waals surface area contributed by atoms with Gasteiger partial charge in [0.05, 0.1) is 7.11 Å². The summed E-state index contributed by atoms with van der Waals surface area (Å²) in [5, 5.41) is 0. The molecule has 2 N–H and O–H groups in total. The molecule has 2 nitrogen and oxygen atoms in total. The number of ether oxygens (including phenoxy) is 1. The second kappa shape index (κ2) is 3.53. The highest BCUT2D eigenvalue weighted by Gasteiger charge is 2.31. The second-order valence-electron chi connectivity index (χ2n) is 5.06. The maximum Gasteiger partial charge on any atom is 0.119 e. The molecule has 0 spiro atoms. The van der Waals surface area contributed by atoms with E-state index in [9.17, 15) is 0 Å². The minimum Gasteiger partial charge on any atom is -0.497 e. The van der Waals surface area contributed by atoms with E-state index in [0.29, 0.717) is 5.92 Å². The van der Waals surface area contributed by atoms with Crippen molar-refractivity contribution in [2.45, 2.75) is 32.2 Å². The first kappa shape index (κ1) is 10.5. The molecule has 15 heavy (non-hydrogen) atoms. The molecule has 0 aromatic heterocycles. The largest absolute Gasteiger partial charge is 0.497 e. The molecule has 0 aliphatic heterocycles. The summed E-state index contributed by atoms with van der Waals surface area (Å²) in [6.45, 7) is 4.22. The number of rotatable bonds is 2. The first-order chi connectivity index (χ1) is 7.00. The highest BCUT2D eigenvalue weighted by atomic mass is 16.5. The Bertz CT molecular complexity index is 365. The lowest BCUT2D eigenvalue weighted by molar-refractivity contribution is 0.333. The van der Waals surface area contributed by atoms with Crippen LogP contribution in [0.3, 0.4) is 0 Å². The third-order valence-corrected chi connectivity index (χ3v) is 3.40. The summed E-state index contributed by atoms with van der Waals surface area (Å²) in [5.74, 6) is 1.50. The minimum absolute atomic E-state index is 0.0910. The van der Waals surface area contributed by atoms with Gasteiger partial charge in [-0.15, -0.1) is 0 Å². The maximum absolute atomic E-state index is 6.16. The molecule has 0 fully saturated rings. The van der Waals surface area contributed by atoms with Gasteiger partial charge in [-0.05, 0) is 55.9 Å². The first-order valence-corrected chi connectivity index (χ1v) is 5.45. The Morgan fingerprint density at radius 1 is 1.27 bits per heavy atom. The van der Waals surface area contributed by atoms with Gasteiger partial charge in [0.2, 0.25) is 0 Å². The fourth-order valence-corrected chi connectivity index (χ4v) is 2.25. The van der Waals surface area contributed by atoms with E-state index in [1.165, 1.54) is 11.1 Å². The van der Waals surface area contributed by atoms with Crippen molar-refractivity contribution >= 4 is 0 Å². The molecule has 1 aliphatic rings. The van der Waals surface area contributed by atoms with Crippen LogP contribution < -0.4 is 10.5 Å². The summed E-state index contributed by atoms with van der Waals surface area (Å²) in [6.07, 6.45) is 2.18. The van der Waals surface area contributed by atoms with Gasteiger partial charge in [0.25, 0.3) is 0 Å².